The standard InChI is InChI=1S/C27H30O2/c1-5-21(2)23-14-16-24(17-15-23)27(3,4)20-28-19-22-10-9-13-26(18-22)29-25-11-7-6-8-12-25/h5-18H,19-20H2,1-4H3/b21-5-. The minimum absolute atomic E-state index is 0.0550. The van der Waals surface area contributed by atoms with E-state index in [2.05, 4.69) is 64.1 Å². The minimum Gasteiger partial charge on any atom is -0.457 e. The molecule has 0 N–H and O–H groups in total. The lowest BCUT2D eigenvalue weighted by Crippen LogP contribution is -2.24. The van der Waals surface area contributed by atoms with E-state index in [1.807, 2.05) is 48.5 Å². The molecular formula is C27H30O2. The Labute approximate surface area is 174 Å². The van der Waals surface area contributed by atoms with Crippen molar-refractivity contribution in [2.45, 2.75) is 39.7 Å². The van der Waals surface area contributed by atoms with Crippen LogP contribution >= 0.6 is 0 Å². The Morgan fingerprint density at radius 2 is 1.55 bits per heavy atom. The van der Waals surface area contributed by atoms with Crippen LogP contribution in [0.1, 0.15) is 44.4 Å². The molecule has 0 aromatic heterocycles. The highest BCUT2D eigenvalue weighted by Gasteiger charge is 2.21. The molecule has 0 amide bonds. The maximum atomic E-state index is 6.08. The highest BCUT2D eigenvalue weighted by atomic mass is 16.5. The van der Waals surface area contributed by atoms with Crippen molar-refractivity contribution in [3.8, 4) is 11.5 Å². The second kappa shape index (κ2) is 9.58. The fourth-order valence-corrected chi connectivity index (χ4v) is 3.18. The van der Waals surface area contributed by atoms with Crippen LogP contribution in [0.2, 0.25) is 0 Å². The number of hydrogen-bond donors (Lipinski definition) is 0. The number of hydrogen-bond acceptors (Lipinski definition) is 2. The summed E-state index contributed by atoms with van der Waals surface area (Å²) in [7, 11) is 0. The summed E-state index contributed by atoms with van der Waals surface area (Å²) in [4.78, 5) is 0. The van der Waals surface area contributed by atoms with Gasteiger partial charge in [-0.1, -0.05) is 74.5 Å². The number of benzene rings is 3. The van der Waals surface area contributed by atoms with Gasteiger partial charge >= 0.3 is 0 Å². The molecule has 0 bridgehead atoms. The number of rotatable bonds is 8. The van der Waals surface area contributed by atoms with Crippen LogP contribution in [0.25, 0.3) is 5.57 Å². The SMILES string of the molecule is C/C=C(/C)c1ccc(C(C)(C)COCc2cccc(Oc3ccccc3)c2)cc1. The number of ether oxygens (including phenoxy) is 2. The molecule has 0 aliphatic heterocycles. The molecule has 3 rings (SSSR count). The van der Waals surface area contributed by atoms with E-state index in [0.717, 1.165) is 17.1 Å². The molecule has 0 unspecified atom stereocenters. The Hall–Kier alpha value is -2.84. The van der Waals surface area contributed by atoms with E-state index < -0.39 is 0 Å². The van der Waals surface area contributed by atoms with Gasteiger partial charge in [-0.15, -0.1) is 0 Å². The maximum Gasteiger partial charge on any atom is 0.127 e. The first-order valence-electron chi connectivity index (χ1n) is 10.1. The van der Waals surface area contributed by atoms with E-state index in [4.69, 9.17) is 9.47 Å². The first kappa shape index (κ1) is 20.9. The third-order valence-corrected chi connectivity index (χ3v) is 5.16. The van der Waals surface area contributed by atoms with Gasteiger partial charge in [0.1, 0.15) is 11.5 Å². The predicted molar refractivity (Wildman–Crippen MR) is 121 cm³/mol. The third kappa shape index (κ3) is 5.82. The average molecular weight is 387 g/mol. The summed E-state index contributed by atoms with van der Waals surface area (Å²) in [6.07, 6.45) is 2.14. The molecule has 0 fully saturated rings. The van der Waals surface area contributed by atoms with Gasteiger partial charge < -0.3 is 9.47 Å². The van der Waals surface area contributed by atoms with Crippen molar-refractivity contribution < 1.29 is 9.47 Å². The fraction of sp³-hybridized carbons (Fsp3) is 0.259. The summed E-state index contributed by atoms with van der Waals surface area (Å²) in [5.41, 5.74) is 4.89. The summed E-state index contributed by atoms with van der Waals surface area (Å²) in [6, 6.07) is 26.7. The molecule has 29 heavy (non-hydrogen) atoms. The van der Waals surface area contributed by atoms with Crippen molar-refractivity contribution in [2.75, 3.05) is 6.61 Å². The summed E-state index contributed by atoms with van der Waals surface area (Å²) in [5, 5.41) is 0. The topological polar surface area (TPSA) is 18.5 Å². The molecule has 0 aliphatic carbocycles. The lowest BCUT2D eigenvalue weighted by molar-refractivity contribution is 0.0824. The van der Waals surface area contributed by atoms with Crippen LogP contribution in [0.5, 0.6) is 11.5 Å². The Bertz CT molecular complexity index is 938. The first-order chi connectivity index (χ1) is 14.0. The summed E-state index contributed by atoms with van der Waals surface area (Å²) >= 11 is 0. The van der Waals surface area contributed by atoms with Crippen molar-refractivity contribution in [1.29, 1.82) is 0 Å². The van der Waals surface area contributed by atoms with Crippen molar-refractivity contribution in [3.63, 3.8) is 0 Å². The molecule has 2 nitrogen and oxygen atoms in total. The predicted octanol–water partition coefficient (Wildman–Crippen LogP) is 7.40. The molecule has 2 heteroatoms. The smallest absolute Gasteiger partial charge is 0.127 e. The van der Waals surface area contributed by atoms with E-state index in [-0.39, 0.29) is 5.41 Å². The van der Waals surface area contributed by atoms with Gasteiger partial charge in [-0.3, -0.25) is 0 Å². The van der Waals surface area contributed by atoms with Gasteiger partial charge in [0.25, 0.3) is 0 Å². The molecule has 0 aliphatic rings. The second-order valence-corrected chi connectivity index (χ2v) is 7.99. The summed E-state index contributed by atoms with van der Waals surface area (Å²) < 4.78 is 12.0. The monoisotopic (exact) mass is 386 g/mol. The van der Waals surface area contributed by atoms with Gasteiger partial charge in [-0.2, -0.15) is 0 Å². The van der Waals surface area contributed by atoms with E-state index in [0.29, 0.717) is 13.2 Å². The van der Waals surface area contributed by atoms with E-state index in [1.165, 1.54) is 16.7 Å². The van der Waals surface area contributed by atoms with Crippen LogP contribution in [0, 0.1) is 0 Å². The lowest BCUT2D eigenvalue weighted by atomic mass is 9.85. The van der Waals surface area contributed by atoms with Gasteiger partial charge in [0.15, 0.2) is 0 Å². The molecule has 3 aromatic rings. The van der Waals surface area contributed by atoms with Crippen molar-refractivity contribution >= 4 is 5.57 Å². The van der Waals surface area contributed by atoms with E-state index in [1.54, 1.807) is 0 Å². The Morgan fingerprint density at radius 1 is 0.862 bits per heavy atom. The van der Waals surface area contributed by atoms with Crippen LogP contribution in [0.4, 0.5) is 0 Å². The van der Waals surface area contributed by atoms with Crippen LogP contribution in [-0.4, -0.2) is 6.61 Å². The molecule has 0 spiro atoms. The van der Waals surface area contributed by atoms with Crippen LogP contribution in [0.15, 0.2) is 84.9 Å². The maximum absolute atomic E-state index is 6.08. The van der Waals surface area contributed by atoms with Gasteiger partial charge in [0.2, 0.25) is 0 Å². The molecule has 0 radical (unpaired) electrons. The van der Waals surface area contributed by atoms with Crippen molar-refractivity contribution in [3.05, 3.63) is 102 Å². The molecule has 3 aromatic carbocycles. The highest BCUT2D eigenvalue weighted by Crippen LogP contribution is 2.27. The average Bonchev–Trinajstić information content (AvgIpc) is 2.74. The molecule has 0 saturated heterocycles. The molecule has 0 atom stereocenters. The lowest BCUT2D eigenvalue weighted by Gasteiger charge is -2.25. The van der Waals surface area contributed by atoms with Crippen LogP contribution < -0.4 is 4.74 Å². The van der Waals surface area contributed by atoms with Crippen molar-refractivity contribution in [2.24, 2.45) is 0 Å². The van der Waals surface area contributed by atoms with Crippen molar-refractivity contribution in [1.82, 2.24) is 0 Å². The molecule has 0 saturated carbocycles. The molecule has 150 valence electrons. The zero-order chi connectivity index (χ0) is 20.7. The number of allylic oxidation sites excluding steroid dienone is 2. The number of para-hydroxylation sites is 1. The first-order valence-corrected chi connectivity index (χ1v) is 10.1. The summed E-state index contributed by atoms with van der Waals surface area (Å²) in [5.74, 6) is 1.66. The molecule has 0 heterocycles. The normalized spacial score (nSPS) is 12.1. The molecular weight excluding hydrogens is 356 g/mol. The fourth-order valence-electron chi connectivity index (χ4n) is 3.18. The largest absolute Gasteiger partial charge is 0.457 e. The summed E-state index contributed by atoms with van der Waals surface area (Å²) in [6.45, 7) is 9.86. The van der Waals surface area contributed by atoms with Gasteiger partial charge in [0, 0.05) is 5.41 Å². The zero-order valence-corrected chi connectivity index (χ0v) is 17.8. The highest BCUT2D eigenvalue weighted by molar-refractivity contribution is 5.63. The van der Waals surface area contributed by atoms with Gasteiger partial charge in [0.05, 0.1) is 13.2 Å². The Kier molecular flexibility index (Phi) is 6.90. The van der Waals surface area contributed by atoms with E-state index in [9.17, 15) is 0 Å². The van der Waals surface area contributed by atoms with Crippen LogP contribution in [0.3, 0.4) is 0 Å². The van der Waals surface area contributed by atoms with Gasteiger partial charge in [-0.05, 0) is 60.4 Å². The second-order valence-electron chi connectivity index (χ2n) is 7.99. The Morgan fingerprint density at radius 3 is 2.24 bits per heavy atom. The third-order valence-electron chi connectivity index (χ3n) is 5.16. The quantitative estimate of drug-likeness (QED) is 0.401. The minimum atomic E-state index is -0.0550. The van der Waals surface area contributed by atoms with E-state index >= 15 is 0 Å². The van der Waals surface area contributed by atoms with Crippen LogP contribution in [-0.2, 0) is 16.8 Å². The zero-order valence-electron chi connectivity index (χ0n) is 17.8. The Balaban J connectivity index is 1.58. The van der Waals surface area contributed by atoms with Gasteiger partial charge in [-0.25, -0.2) is 0 Å².